The second-order valence-electron chi connectivity index (χ2n) is 6.07. The molecule has 1 saturated carbocycles. The fourth-order valence-corrected chi connectivity index (χ4v) is 4.23. The number of ether oxygens (including phenoxy) is 1. The largest absolute Gasteiger partial charge is 0.469 e. The molecule has 1 heterocycles. The summed E-state index contributed by atoms with van der Waals surface area (Å²) < 4.78 is 4.89. The molecule has 1 aliphatic rings. The Morgan fingerprint density at radius 1 is 1.40 bits per heavy atom. The van der Waals surface area contributed by atoms with Crippen molar-refractivity contribution in [1.82, 2.24) is 0 Å². The Kier molecular flexibility index (Phi) is 5.22. The van der Waals surface area contributed by atoms with Gasteiger partial charge in [-0.2, -0.15) is 0 Å². The molecule has 0 aliphatic heterocycles. The van der Waals surface area contributed by atoms with Gasteiger partial charge in [0, 0.05) is 15.8 Å². The monoisotopic (exact) mass is 295 g/mol. The van der Waals surface area contributed by atoms with Crippen LogP contribution in [0.5, 0.6) is 0 Å². The van der Waals surface area contributed by atoms with Gasteiger partial charge in [-0.15, -0.1) is 11.3 Å². The SMILES string of the molecule is COC(=O)CC1(CC(N)c2ccc(C)s2)CCCCC1. The highest BCUT2D eigenvalue weighted by molar-refractivity contribution is 7.12. The summed E-state index contributed by atoms with van der Waals surface area (Å²) in [6.07, 6.45) is 7.28. The lowest BCUT2D eigenvalue weighted by Gasteiger charge is -2.38. The summed E-state index contributed by atoms with van der Waals surface area (Å²) in [6.45, 7) is 2.10. The number of carbonyl (C=O) groups is 1. The zero-order valence-corrected chi connectivity index (χ0v) is 13.3. The van der Waals surface area contributed by atoms with E-state index in [1.165, 1.54) is 36.1 Å². The van der Waals surface area contributed by atoms with Gasteiger partial charge in [0.1, 0.15) is 0 Å². The van der Waals surface area contributed by atoms with E-state index in [0.29, 0.717) is 6.42 Å². The Bertz CT molecular complexity index is 449. The summed E-state index contributed by atoms with van der Waals surface area (Å²) in [4.78, 5) is 14.3. The zero-order chi connectivity index (χ0) is 14.6. The minimum absolute atomic E-state index is 0.0384. The molecule has 112 valence electrons. The summed E-state index contributed by atoms with van der Waals surface area (Å²) in [5.74, 6) is -0.0959. The van der Waals surface area contributed by atoms with Crippen LogP contribution in [0.3, 0.4) is 0 Å². The summed E-state index contributed by atoms with van der Waals surface area (Å²) >= 11 is 1.77. The van der Waals surface area contributed by atoms with Crippen molar-refractivity contribution in [1.29, 1.82) is 0 Å². The molecule has 1 fully saturated rings. The highest BCUT2D eigenvalue weighted by Gasteiger charge is 2.36. The smallest absolute Gasteiger partial charge is 0.306 e. The van der Waals surface area contributed by atoms with E-state index in [9.17, 15) is 4.79 Å². The van der Waals surface area contributed by atoms with Gasteiger partial charge in [-0.3, -0.25) is 4.79 Å². The molecule has 0 amide bonds. The van der Waals surface area contributed by atoms with Crippen LogP contribution in [-0.4, -0.2) is 13.1 Å². The van der Waals surface area contributed by atoms with Crippen molar-refractivity contribution < 1.29 is 9.53 Å². The molecule has 20 heavy (non-hydrogen) atoms. The molecule has 1 aromatic rings. The van der Waals surface area contributed by atoms with Crippen molar-refractivity contribution in [2.45, 2.75) is 57.9 Å². The maximum absolute atomic E-state index is 11.7. The second-order valence-corrected chi connectivity index (χ2v) is 7.39. The number of methoxy groups -OCH3 is 1. The number of thiophene rings is 1. The van der Waals surface area contributed by atoms with Crippen molar-refractivity contribution >= 4 is 17.3 Å². The molecule has 2 rings (SSSR count). The Balaban J connectivity index is 2.08. The number of rotatable bonds is 5. The molecule has 1 atom stereocenters. The van der Waals surface area contributed by atoms with Crippen LogP contribution < -0.4 is 5.73 Å². The van der Waals surface area contributed by atoms with Crippen molar-refractivity contribution in [2.24, 2.45) is 11.1 Å². The third-order valence-corrected chi connectivity index (χ3v) is 5.57. The van der Waals surface area contributed by atoms with E-state index in [2.05, 4.69) is 19.1 Å². The topological polar surface area (TPSA) is 52.3 Å². The van der Waals surface area contributed by atoms with E-state index < -0.39 is 0 Å². The van der Waals surface area contributed by atoms with E-state index in [1.54, 1.807) is 11.3 Å². The second kappa shape index (κ2) is 6.72. The van der Waals surface area contributed by atoms with Crippen LogP contribution in [0.2, 0.25) is 0 Å². The van der Waals surface area contributed by atoms with Gasteiger partial charge in [-0.05, 0) is 43.7 Å². The highest BCUT2D eigenvalue weighted by atomic mass is 32.1. The molecule has 3 nitrogen and oxygen atoms in total. The van der Waals surface area contributed by atoms with Crippen molar-refractivity contribution in [2.75, 3.05) is 7.11 Å². The van der Waals surface area contributed by atoms with Crippen LogP contribution in [0, 0.1) is 12.3 Å². The van der Waals surface area contributed by atoms with E-state index in [1.807, 2.05) is 0 Å². The quantitative estimate of drug-likeness (QED) is 0.837. The molecule has 1 aromatic heterocycles. The lowest BCUT2D eigenvalue weighted by molar-refractivity contribution is -0.144. The number of nitrogens with two attached hydrogens (primary N) is 1. The Hall–Kier alpha value is -0.870. The van der Waals surface area contributed by atoms with Crippen LogP contribution in [0.25, 0.3) is 0 Å². The van der Waals surface area contributed by atoms with Crippen LogP contribution in [0.15, 0.2) is 12.1 Å². The standard InChI is InChI=1S/C16H25NO2S/c1-12-6-7-14(20-12)13(17)10-16(11-15(18)19-2)8-4-3-5-9-16/h6-7,13H,3-5,8-11,17H2,1-2H3. The van der Waals surface area contributed by atoms with Gasteiger partial charge >= 0.3 is 5.97 Å². The van der Waals surface area contributed by atoms with Crippen molar-refractivity contribution in [3.63, 3.8) is 0 Å². The molecule has 0 aromatic carbocycles. The minimum atomic E-state index is -0.0959. The molecule has 1 unspecified atom stereocenters. The van der Waals surface area contributed by atoms with Gasteiger partial charge in [-0.25, -0.2) is 0 Å². The average molecular weight is 295 g/mol. The molecule has 0 saturated heterocycles. The fraction of sp³-hybridized carbons (Fsp3) is 0.688. The number of hydrogen-bond donors (Lipinski definition) is 1. The normalized spacial score (nSPS) is 19.6. The molecule has 2 N–H and O–H groups in total. The van der Waals surface area contributed by atoms with E-state index in [4.69, 9.17) is 10.5 Å². The summed E-state index contributed by atoms with van der Waals surface area (Å²) in [7, 11) is 1.47. The third kappa shape index (κ3) is 3.83. The predicted octanol–water partition coefficient (Wildman–Crippen LogP) is 3.96. The number of aryl methyl sites for hydroxylation is 1. The first-order valence-corrected chi connectivity index (χ1v) is 8.25. The average Bonchev–Trinajstić information content (AvgIpc) is 2.86. The minimum Gasteiger partial charge on any atom is -0.469 e. The van der Waals surface area contributed by atoms with E-state index in [-0.39, 0.29) is 17.4 Å². The Labute approximate surface area is 125 Å². The molecule has 4 heteroatoms. The molecule has 0 bridgehead atoms. The first-order chi connectivity index (χ1) is 9.54. The lowest BCUT2D eigenvalue weighted by Crippen LogP contribution is -2.31. The molecular formula is C16H25NO2S. The van der Waals surface area contributed by atoms with Gasteiger partial charge in [0.2, 0.25) is 0 Å². The summed E-state index contributed by atoms with van der Waals surface area (Å²) in [6, 6.07) is 4.28. The summed E-state index contributed by atoms with van der Waals surface area (Å²) in [5, 5.41) is 0. The van der Waals surface area contributed by atoms with Crippen molar-refractivity contribution in [3.8, 4) is 0 Å². The Morgan fingerprint density at radius 3 is 2.65 bits per heavy atom. The van der Waals surface area contributed by atoms with Gasteiger partial charge in [0.15, 0.2) is 0 Å². The molecule has 0 spiro atoms. The first kappa shape index (κ1) is 15.5. The van der Waals surface area contributed by atoms with Crippen LogP contribution in [0.4, 0.5) is 0 Å². The maximum Gasteiger partial charge on any atom is 0.306 e. The highest BCUT2D eigenvalue weighted by Crippen LogP contribution is 2.45. The van der Waals surface area contributed by atoms with Crippen LogP contribution in [-0.2, 0) is 9.53 Å². The van der Waals surface area contributed by atoms with Gasteiger partial charge in [0.25, 0.3) is 0 Å². The van der Waals surface area contributed by atoms with E-state index >= 15 is 0 Å². The molecule has 0 radical (unpaired) electrons. The zero-order valence-electron chi connectivity index (χ0n) is 12.5. The number of hydrogen-bond acceptors (Lipinski definition) is 4. The number of carbonyl (C=O) groups excluding carboxylic acids is 1. The molecule has 1 aliphatic carbocycles. The van der Waals surface area contributed by atoms with Gasteiger partial charge < -0.3 is 10.5 Å². The van der Waals surface area contributed by atoms with Crippen LogP contribution in [0.1, 0.15) is 60.7 Å². The fourth-order valence-electron chi connectivity index (χ4n) is 3.35. The predicted molar refractivity (Wildman–Crippen MR) is 82.8 cm³/mol. The lowest BCUT2D eigenvalue weighted by atomic mass is 9.68. The molecular weight excluding hydrogens is 270 g/mol. The van der Waals surface area contributed by atoms with Gasteiger partial charge in [0.05, 0.1) is 13.5 Å². The first-order valence-electron chi connectivity index (χ1n) is 7.43. The van der Waals surface area contributed by atoms with Gasteiger partial charge in [-0.1, -0.05) is 19.3 Å². The van der Waals surface area contributed by atoms with Crippen LogP contribution >= 0.6 is 11.3 Å². The van der Waals surface area contributed by atoms with Crippen molar-refractivity contribution in [3.05, 3.63) is 21.9 Å². The third-order valence-electron chi connectivity index (χ3n) is 4.44. The summed E-state index contributed by atoms with van der Waals surface area (Å²) in [5.41, 5.74) is 6.44. The van der Waals surface area contributed by atoms with E-state index in [0.717, 1.165) is 19.3 Å². The Morgan fingerprint density at radius 2 is 2.10 bits per heavy atom. The maximum atomic E-state index is 11.7. The number of esters is 1.